The molecule has 3 nitrogen and oxygen atoms in total. The van der Waals surface area contributed by atoms with Crippen molar-refractivity contribution in [2.45, 2.75) is 51.4 Å². The molecule has 0 radical (unpaired) electrons. The zero-order chi connectivity index (χ0) is 12.1. The van der Waals surface area contributed by atoms with Gasteiger partial charge in [0.2, 0.25) is 5.91 Å². The fourth-order valence-corrected chi connectivity index (χ4v) is 3.19. The van der Waals surface area contributed by atoms with Gasteiger partial charge in [-0.2, -0.15) is 0 Å². The highest BCUT2D eigenvalue weighted by atomic mass is 16.2. The van der Waals surface area contributed by atoms with Crippen LogP contribution < -0.4 is 5.73 Å². The fourth-order valence-electron chi connectivity index (χ4n) is 3.19. The Bertz CT molecular complexity index is 247. The first-order chi connectivity index (χ1) is 8.31. The minimum absolute atomic E-state index is 0.312. The van der Waals surface area contributed by atoms with Crippen molar-refractivity contribution < 1.29 is 4.79 Å². The molecular formula is C14H26N2O. The van der Waals surface area contributed by atoms with E-state index >= 15 is 0 Å². The number of hydrogen-bond acceptors (Lipinski definition) is 2. The Kier molecular flexibility index (Phi) is 4.84. The van der Waals surface area contributed by atoms with E-state index < -0.39 is 0 Å². The van der Waals surface area contributed by atoms with Crippen LogP contribution in [0.1, 0.15) is 51.4 Å². The molecule has 2 aliphatic rings. The Labute approximate surface area is 105 Å². The lowest BCUT2D eigenvalue weighted by Gasteiger charge is -2.25. The maximum atomic E-state index is 12.4. The van der Waals surface area contributed by atoms with Crippen LogP contribution in [0.5, 0.6) is 0 Å². The Morgan fingerprint density at radius 3 is 2.29 bits per heavy atom. The van der Waals surface area contributed by atoms with E-state index in [1.165, 1.54) is 32.1 Å². The van der Waals surface area contributed by atoms with E-state index in [1.54, 1.807) is 0 Å². The lowest BCUT2D eigenvalue weighted by atomic mass is 9.90. The minimum atomic E-state index is 0.312. The summed E-state index contributed by atoms with van der Waals surface area (Å²) in [6, 6.07) is 0. The molecule has 98 valence electrons. The zero-order valence-corrected chi connectivity index (χ0v) is 10.9. The van der Waals surface area contributed by atoms with Gasteiger partial charge in [0.15, 0.2) is 0 Å². The van der Waals surface area contributed by atoms with Crippen LogP contribution in [0.25, 0.3) is 0 Å². The van der Waals surface area contributed by atoms with Crippen LogP contribution in [-0.4, -0.2) is 30.4 Å². The number of nitrogens with two attached hydrogens (primary N) is 1. The SMILES string of the molecule is NCC1CCN(C(=O)C2CCCCCCC2)C1. The number of carbonyl (C=O) groups is 1. The van der Waals surface area contributed by atoms with Crippen LogP contribution in [0.15, 0.2) is 0 Å². The third-order valence-electron chi connectivity index (χ3n) is 4.39. The second kappa shape index (κ2) is 6.39. The smallest absolute Gasteiger partial charge is 0.225 e. The van der Waals surface area contributed by atoms with Crippen molar-refractivity contribution in [2.24, 2.45) is 17.6 Å². The first-order valence-electron chi connectivity index (χ1n) is 7.30. The molecule has 1 saturated carbocycles. The molecule has 3 heteroatoms. The molecule has 0 bridgehead atoms. The van der Waals surface area contributed by atoms with Crippen molar-refractivity contribution in [3.8, 4) is 0 Å². The molecule has 2 rings (SSSR count). The molecule has 1 heterocycles. The summed E-state index contributed by atoms with van der Waals surface area (Å²) in [7, 11) is 0. The normalized spacial score (nSPS) is 27.8. The van der Waals surface area contributed by atoms with Crippen LogP contribution in [0, 0.1) is 11.8 Å². The summed E-state index contributed by atoms with van der Waals surface area (Å²) < 4.78 is 0. The number of hydrogen-bond donors (Lipinski definition) is 1. The molecule has 1 amide bonds. The largest absolute Gasteiger partial charge is 0.342 e. The fraction of sp³-hybridized carbons (Fsp3) is 0.929. The van der Waals surface area contributed by atoms with Gasteiger partial charge in [0, 0.05) is 19.0 Å². The maximum absolute atomic E-state index is 12.4. The van der Waals surface area contributed by atoms with E-state index in [4.69, 9.17) is 5.73 Å². The lowest BCUT2D eigenvalue weighted by molar-refractivity contribution is -0.135. The van der Waals surface area contributed by atoms with Crippen LogP contribution in [0.3, 0.4) is 0 Å². The molecule has 1 aliphatic carbocycles. The zero-order valence-electron chi connectivity index (χ0n) is 10.9. The molecule has 0 spiro atoms. The van der Waals surface area contributed by atoms with E-state index in [0.29, 0.717) is 17.7 Å². The quantitative estimate of drug-likeness (QED) is 0.801. The number of rotatable bonds is 2. The van der Waals surface area contributed by atoms with Gasteiger partial charge in [-0.3, -0.25) is 4.79 Å². The Morgan fingerprint density at radius 2 is 1.71 bits per heavy atom. The molecule has 0 aromatic rings. The molecule has 1 aliphatic heterocycles. The van der Waals surface area contributed by atoms with Gasteiger partial charge in [0.25, 0.3) is 0 Å². The van der Waals surface area contributed by atoms with Crippen molar-refractivity contribution in [2.75, 3.05) is 19.6 Å². The Balaban J connectivity index is 1.85. The Morgan fingerprint density at radius 1 is 1.06 bits per heavy atom. The molecule has 0 aromatic carbocycles. The van der Waals surface area contributed by atoms with Crippen molar-refractivity contribution in [1.82, 2.24) is 4.90 Å². The summed E-state index contributed by atoms with van der Waals surface area (Å²) in [5, 5.41) is 0. The van der Waals surface area contributed by atoms with Crippen LogP contribution >= 0.6 is 0 Å². The average Bonchev–Trinajstić information content (AvgIpc) is 2.76. The molecule has 1 unspecified atom stereocenters. The second-order valence-corrected chi connectivity index (χ2v) is 5.72. The molecule has 2 N–H and O–H groups in total. The molecule has 2 fully saturated rings. The van der Waals surface area contributed by atoms with Gasteiger partial charge in [0.1, 0.15) is 0 Å². The number of amides is 1. The third kappa shape index (κ3) is 3.44. The highest BCUT2D eigenvalue weighted by Crippen LogP contribution is 2.26. The maximum Gasteiger partial charge on any atom is 0.225 e. The Hall–Kier alpha value is -0.570. The summed E-state index contributed by atoms with van der Waals surface area (Å²) in [6.07, 6.45) is 9.81. The first-order valence-corrected chi connectivity index (χ1v) is 7.30. The van der Waals surface area contributed by atoms with Gasteiger partial charge in [-0.1, -0.05) is 32.1 Å². The molecule has 1 atom stereocenters. The van der Waals surface area contributed by atoms with Crippen molar-refractivity contribution >= 4 is 5.91 Å². The van der Waals surface area contributed by atoms with Gasteiger partial charge in [-0.25, -0.2) is 0 Å². The van der Waals surface area contributed by atoms with Gasteiger partial charge < -0.3 is 10.6 Å². The lowest BCUT2D eigenvalue weighted by Crippen LogP contribution is -2.35. The van der Waals surface area contributed by atoms with Crippen molar-refractivity contribution in [3.05, 3.63) is 0 Å². The van der Waals surface area contributed by atoms with Gasteiger partial charge in [-0.05, 0) is 31.7 Å². The molecular weight excluding hydrogens is 212 g/mol. The van der Waals surface area contributed by atoms with Crippen molar-refractivity contribution in [1.29, 1.82) is 0 Å². The minimum Gasteiger partial charge on any atom is -0.342 e. The number of nitrogens with zero attached hydrogens (tertiary/aromatic N) is 1. The summed E-state index contributed by atoms with van der Waals surface area (Å²) in [6.45, 7) is 2.58. The standard InChI is InChI=1S/C14H26N2O/c15-10-12-8-9-16(11-12)14(17)13-6-4-2-1-3-5-7-13/h12-13H,1-11,15H2. The average molecular weight is 238 g/mol. The van der Waals surface area contributed by atoms with E-state index in [2.05, 4.69) is 4.90 Å². The van der Waals surface area contributed by atoms with E-state index in [-0.39, 0.29) is 0 Å². The van der Waals surface area contributed by atoms with Gasteiger partial charge >= 0.3 is 0 Å². The topological polar surface area (TPSA) is 46.3 Å². The summed E-state index contributed by atoms with van der Waals surface area (Å²) in [5.74, 6) is 1.28. The second-order valence-electron chi connectivity index (χ2n) is 5.72. The number of likely N-dealkylation sites (tertiary alicyclic amines) is 1. The monoisotopic (exact) mass is 238 g/mol. The predicted molar refractivity (Wildman–Crippen MR) is 69.6 cm³/mol. The molecule has 1 saturated heterocycles. The molecule has 17 heavy (non-hydrogen) atoms. The molecule has 0 aromatic heterocycles. The summed E-state index contributed by atoms with van der Waals surface area (Å²) in [5.41, 5.74) is 5.68. The predicted octanol–water partition coefficient (Wildman–Crippen LogP) is 2.15. The highest BCUT2D eigenvalue weighted by Gasteiger charge is 2.29. The van der Waals surface area contributed by atoms with E-state index in [9.17, 15) is 4.79 Å². The van der Waals surface area contributed by atoms with Crippen molar-refractivity contribution in [3.63, 3.8) is 0 Å². The third-order valence-corrected chi connectivity index (χ3v) is 4.39. The summed E-state index contributed by atoms with van der Waals surface area (Å²) in [4.78, 5) is 14.5. The first kappa shape index (κ1) is 12.9. The van der Waals surface area contributed by atoms with E-state index in [1.807, 2.05) is 0 Å². The van der Waals surface area contributed by atoms with Gasteiger partial charge in [-0.15, -0.1) is 0 Å². The van der Waals surface area contributed by atoms with Crippen LogP contribution in [-0.2, 0) is 4.79 Å². The summed E-state index contributed by atoms with van der Waals surface area (Å²) >= 11 is 0. The van der Waals surface area contributed by atoms with Crippen LogP contribution in [0.4, 0.5) is 0 Å². The van der Waals surface area contributed by atoms with Crippen LogP contribution in [0.2, 0.25) is 0 Å². The van der Waals surface area contributed by atoms with Gasteiger partial charge in [0.05, 0.1) is 0 Å². The number of carbonyl (C=O) groups excluding carboxylic acids is 1. The highest BCUT2D eigenvalue weighted by molar-refractivity contribution is 5.79. The van der Waals surface area contributed by atoms with E-state index in [0.717, 1.165) is 38.9 Å².